The number of ether oxygens (including phenoxy) is 1. The van der Waals surface area contributed by atoms with Gasteiger partial charge in [0.05, 0.1) is 24.1 Å². The summed E-state index contributed by atoms with van der Waals surface area (Å²) in [7, 11) is -3.47. The van der Waals surface area contributed by atoms with E-state index in [-0.39, 0.29) is 6.10 Å². The van der Waals surface area contributed by atoms with Crippen molar-refractivity contribution in [1.29, 1.82) is 0 Å². The van der Waals surface area contributed by atoms with Gasteiger partial charge < -0.3 is 4.74 Å². The molecule has 0 amide bonds. The lowest BCUT2D eigenvalue weighted by atomic mass is 10.1. The highest BCUT2D eigenvalue weighted by atomic mass is 35.5. The van der Waals surface area contributed by atoms with Crippen molar-refractivity contribution in [2.24, 2.45) is 0 Å². The van der Waals surface area contributed by atoms with Gasteiger partial charge in [-0.1, -0.05) is 0 Å². The lowest BCUT2D eigenvalue weighted by Gasteiger charge is -2.31. The highest BCUT2D eigenvalue weighted by Crippen LogP contribution is 2.25. The van der Waals surface area contributed by atoms with Gasteiger partial charge in [0.2, 0.25) is 10.0 Å². The molecule has 0 atom stereocenters. The molecule has 0 aromatic carbocycles. The van der Waals surface area contributed by atoms with Crippen molar-refractivity contribution in [3.8, 4) is 0 Å². The molecule has 6 nitrogen and oxygen atoms in total. The summed E-state index contributed by atoms with van der Waals surface area (Å²) in [5.41, 5.74) is 1.10. The maximum absolute atomic E-state index is 12.6. The van der Waals surface area contributed by atoms with Crippen LogP contribution in [0.1, 0.15) is 24.2 Å². The van der Waals surface area contributed by atoms with Crippen LogP contribution in [-0.4, -0.2) is 54.6 Å². The van der Waals surface area contributed by atoms with Crippen molar-refractivity contribution in [1.82, 2.24) is 14.5 Å². The molecular formula is C12H20ClN3O3S. The van der Waals surface area contributed by atoms with Crippen LogP contribution in [0, 0.1) is 13.8 Å². The van der Waals surface area contributed by atoms with Gasteiger partial charge in [0.1, 0.15) is 4.90 Å². The first kappa shape index (κ1) is 15.8. The van der Waals surface area contributed by atoms with E-state index in [1.165, 1.54) is 4.31 Å². The zero-order valence-corrected chi connectivity index (χ0v) is 13.3. The van der Waals surface area contributed by atoms with Gasteiger partial charge in [-0.15, -0.1) is 11.6 Å². The van der Waals surface area contributed by atoms with Crippen molar-refractivity contribution in [2.75, 3.05) is 25.6 Å². The molecule has 1 fully saturated rings. The summed E-state index contributed by atoms with van der Waals surface area (Å²) in [5.74, 6) is 0.464. The number of rotatable bonds is 5. The van der Waals surface area contributed by atoms with Gasteiger partial charge in [0.15, 0.2) is 0 Å². The van der Waals surface area contributed by atoms with Crippen LogP contribution in [0.15, 0.2) is 4.90 Å². The first-order valence-electron chi connectivity index (χ1n) is 6.66. The van der Waals surface area contributed by atoms with E-state index in [0.29, 0.717) is 54.7 Å². The van der Waals surface area contributed by atoms with E-state index in [9.17, 15) is 8.42 Å². The van der Waals surface area contributed by atoms with Crippen molar-refractivity contribution >= 4 is 21.6 Å². The maximum atomic E-state index is 12.6. The Morgan fingerprint density at radius 2 is 2.05 bits per heavy atom. The monoisotopic (exact) mass is 321 g/mol. The third kappa shape index (κ3) is 3.16. The average Bonchev–Trinajstić information content (AvgIpc) is 2.77. The van der Waals surface area contributed by atoms with E-state index in [1.54, 1.807) is 13.8 Å². The molecule has 20 heavy (non-hydrogen) atoms. The molecular weight excluding hydrogens is 302 g/mol. The van der Waals surface area contributed by atoms with Crippen LogP contribution in [0.3, 0.4) is 0 Å². The van der Waals surface area contributed by atoms with Gasteiger partial charge >= 0.3 is 0 Å². The second kappa shape index (κ2) is 6.43. The third-order valence-electron chi connectivity index (χ3n) is 3.49. The number of hydrogen-bond donors (Lipinski definition) is 1. The van der Waals surface area contributed by atoms with E-state index in [1.807, 2.05) is 0 Å². The number of nitrogens with one attached hydrogen (secondary N) is 1. The Morgan fingerprint density at radius 3 is 2.55 bits per heavy atom. The van der Waals surface area contributed by atoms with E-state index in [0.717, 1.165) is 0 Å². The first-order chi connectivity index (χ1) is 9.46. The molecule has 0 aliphatic carbocycles. The molecule has 114 valence electrons. The van der Waals surface area contributed by atoms with Crippen LogP contribution in [0.2, 0.25) is 0 Å². The van der Waals surface area contributed by atoms with Gasteiger partial charge in [-0.2, -0.15) is 9.40 Å². The predicted molar refractivity (Wildman–Crippen MR) is 76.5 cm³/mol. The number of hydrogen-bond acceptors (Lipinski definition) is 4. The van der Waals surface area contributed by atoms with Crippen LogP contribution in [-0.2, 0) is 14.8 Å². The minimum Gasteiger partial charge on any atom is -0.377 e. The number of H-pyrrole nitrogens is 1. The number of aromatic amines is 1. The van der Waals surface area contributed by atoms with Crippen molar-refractivity contribution < 1.29 is 13.2 Å². The second-order valence-corrected chi connectivity index (χ2v) is 7.18. The molecule has 8 heteroatoms. The Kier molecular flexibility index (Phi) is 5.06. The van der Waals surface area contributed by atoms with Gasteiger partial charge in [0.25, 0.3) is 0 Å². The SMILES string of the molecule is Cc1n[nH]c(C)c1S(=O)(=O)N1CCC(OCCCl)CC1. The molecule has 1 aliphatic rings. The Bertz CT molecular complexity index is 531. The van der Waals surface area contributed by atoms with E-state index < -0.39 is 10.0 Å². The predicted octanol–water partition coefficient (Wildman–Crippen LogP) is 1.44. The van der Waals surface area contributed by atoms with Crippen molar-refractivity contribution in [3.05, 3.63) is 11.4 Å². The highest BCUT2D eigenvalue weighted by molar-refractivity contribution is 7.89. The number of sulfonamides is 1. The minimum absolute atomic E-state index is 0.103. The Morgan fingerprint density at radius 1 is 1.40 bits per heavy atom. The zero-order chi connectivity index (χ0) is 14.8. The standard InChI is InChI=1S/C12H20ClN3O3S/c1-9-12(10(2)15-14-9)20(17,18)16-6-3-11(4-7-16)19-8-5-13/h11H,3-8H2,1-2H3,(H,14,15). The van der Waals surface area contributed by atoms with E-state index >= 15 is 0 Å². The molecule has 1 aromatic heterocycles. The Labute approximate surface area is 124 Å². The quantitative estimate of drug-likeness (QED) is 0.833. The summed E-state index contributed by atoms with van der Waals surface area (Å²) >= 11 is 5.58. The van der Waals surface area contributed by atoms with E-state index in [2.05, 4.69) is 10.2 Å². The number of aryl methyl sites for hydroxylation is 2. The maximum Gasteiger partial charge on any atom is 0.246 e. The molecule has 1 aromatic rings. The number of halogens is 1. The summed E-state index contributed by atoms with van der Waals surface area (Å²) in [4.78, 5) is 0.303. The molecule has 1 aliphatic heterocycles. The molecule has 0 spiro atoms. The smallest absolute Gasteiger partial charge is 0.246 e. The molecule has 0 bridgehead atoms. The van der Waals surface area contributed by atoms with Crippen molar-refractivity contribution in [2.45, 2.75) is 37.7 Å². The van der Waals surface area contributed by atoms with Gasteiger partial charge in [-0.05, 0) is 26.7 Å². The summed E-state index contributed by atoms with van der Waals surface area (Å²) in [6.45, 7) is 4.88. The molecule has 2 rings (SSSR count). The third-order valence-corrected chi connectivity index (χ3v) is 5.81. The number of alkyl halides is 1. The molecule has 1 saturated heterocycles. The normalized spacial score (nSPS) is 18.6. The van der Waals surface area contributed by atoms with Gasteiger partial charge in [-0.3, -0.25) is 5.10 Å². The lowest BCUT2D eigenvalue weighted by molar-refractivity contribution is 0.0301. The molecule has 0 unspecified atom stereocenters. The number of aromatic nitrogens is 2. The largest absolute Gasteiger partial charge is 0.377 e. The fourth-order valence-corrected chi connectivity index (χ4v) is 4.39. The Balaban J connectivity index is 2.06. The summed E-state index contributed by atoms with van der Waals surface area (Å²) < 4.78 is 32.3. The van der Waals surface area contributed by atoms with Crippen LogP contribution in [0.25, 0.3) is 0 Å². The van der Waals surface area contributed by atoms with Gasteiger partial charge in [-0.25, -0.2) is 8.42 Å². The topological polar surface area (TPSA) is 75.3 Å². The Hall–Kier alpha value is -0.630. The molecule has 0 radical (unpaired) electrons. The molecule has 0 saturated carbocycles. The summed E-state index contributed by atoms with van der Waals surface area (Å²) in [6.07, 6.45) is 1.50. The molecule has 1 N–H and O–H groups in total. The summed E-state index contributed by atoms with van der Waals surface area (Å²) in [5, 5.41) is 6.69. The minimum atomic E-state index is -3.47. The lowest BCUT2D eigenvalue weighted by Crippen LogP contribution is -2.41. The number of piperidine rings is 1. The fourth-order valence-electron chi connectivity index (χ4n) is 2.50. The van der Waals surface area contributed by atoms with Crippen LogP contribution < -0.4 is 0 Å². The summed E-state index contributed by atoms with van der Waals surface area (Å²) in [6, 6.07) is 0. The second-order valence-electron chi connectivity index (χ2n) is 4.93. The number of nitrogens with zero attached hydrogens (tertiary/aromatic N) is 2. The van der Waals surface area contributed by atoms with Crippen LogP contribution >= 0.6 is 11.6 Å². The zero-order valence-electron chi connectivity index (χ0n) is 11.7. The van der Waals surface area contributed by atoms with Gasteiger partial charge in [0, 0.05) is 19.0 Å². The first-order valence-corrected chi connectivity index (χ1v) is 8.63. The fraction of sp³-hybridized carbons (Fsp3) is 0.750. The molecule has 2 heterocycles. The average molecular weight is 322 g/mol. The van der Waals surface area contributed by atoms with E-state index in [4.69, 9.17) is 16.3 Å². The van der Waals surface area contributed by atoms with Crippen molar-refractivity contribution in [3.63, 3.8) is 0 Å². The van der Waals surface area contributed by atoms with Crippen LogP contribution in [0.4, 0.5) is 0 Å². The van der Waals surface area contributed by atoms with Crippen LogP contribution in [0.5, 0.6) is 0 Å². The highest BCUT2D eigenvalue weighted by Gasteiger charge is 2.32.